The lowest BCUT2D eigenvalue weighted by atomic mass is 10.1. The first kappa shape index (κ1) is 22.4. The van der Waals surface area contributed by atoms with Gasteiger partial charge in [-0.15, -0.1) is 0 Å². The Morgan fingerprint density at radius 2 is 2.03 bits per heavy atom. The maximum absolute atomic E-state index is 12.5. The summed E-state index contributed by atoms with van der Waals surface area (Å²) in [4.78, 5) is 22.8. The molecule has 8 nitrogen and oxygen atoms in total. The summed E-state index contributed by atoms with van der Waals surface area (Å²) in [5.74, 6) is 0.305. The van der Waals surface area contributed by atoms with Gasteiger partial charge in [-0.05, 0) is 68.6 Å². The molecule has 29 heavy (non-hydrogen) atoms. The van der Waals surface area contributed by atoms with Crippen LogP contribution in [0.4, 0.5) is 11.4 Å². The van der Waals surface area contributed by atoms with Crippen molar-refractivity contribution < 1.29 is 19.2 Å². The normalized spacial score (nSPS) is 10.8. The molecule has 1 amide bonds. The largest absolute Gasteiger partial charge is 0.493 e. The number of benzene rings is 2. The van der Waals surface area contributed by atoms with Gasteiger partial charge in [-0.25, -0.2) is 0 Å². The molecule has 0 aromatic heterocycles. The highest BCUT2D eigenvalue weighted by Crippen LogP contribution is 2.37. The molecule has 0 unspecified atom stereocenters. The van der Waals surface area contributed by atoms with Crippen molar-refractivity contribution in [1.29, 1.82) is 5.26 Å². The maximum atomic E-state index is 12.5. The molecule has 2 rings (SSSR count). The zero-order chi connectivity index (χ0) is 21.6. The molecule has 1 N–H and O–H groups in total. The molecule has 2 aromatic rings. The Morgan fingerprint density at radius 3 is 2.59 bits per heavy atom. The summed E-state index contributed by atoms with van der Waals surface area (Å²) in [6.07, 6.45) is 1.40. The van der Waals surface area contributed by atoms with Crippen molar-refractivity contribution in [3.05, 3.63) is 60.5 Å². The quantitative estimate of drug-likeness (QED) is 0.234. The lowest BCUT2D eigenvalue weighted by molar-refractivity contribution is -0.384. The van der Waals surface area contributed by atoms with Gasteiger partial charge in [0.1, 0.15) is 11.6 Å². The number of methoxy groups -OCH3 is 1. The fraction of sp³-hybridized carbons (Fsp3) is 0.158. The number of nitrogens with zero attached hydrogens (tertiary/aromatic N) is 2. The van der Waals surface area contributed by atoms with Crippen molar-refractivity contribution in [2.45, 2.75) is 6.92 Å². The molecule has 0 fully saturated rings. The topological polar surface area (TPSA) is 114 Å². The summed E-state index contributed by atoms with van der Waals surface area (Å²) in [5, 5.41) is 22.8. The SMILES string of the molecule is CCOc1c(Br)cc(/C=C(\C#N)C(=O)Nc2ccc([N+](=O)[O-])cc2Br)cc1OC. The fourth-order valence-corrected chi connectivity index (χ4v) is 3.37. The van der Waals surface area contributed by atoms with Gasteiger partial charge in [-0.3, -0.25) is 14.9 Å². The summed E-state index contributed by atoms with van der Waals surface area (Å²) >= 11 is 6.57. The van der Waals surface area contributed by atoms with Gasteiger partial charge >= 0.3 is 0 Å². The van der Waals surface area contributed by atoms with E-state index in [0.717, 1.165) is 0 Å². The zero-order valence-electron chi connectivity index (χ0n) is 15.4. The fourth-order valence-electron chi connectivity index (χ4n) is 2.33. The van der Waals surface area contributed by atoms with Gasteiger partial charge < -0.3 is 14.8 Å². The first-order chi connectivity index (χ1) is 13.8. The molecule has 0 radical (unpaired) electrons. The van der Waals surface area contributed by atoms with E-state index in [0.29, 0.717) is 38.3 Å². The van der Waals surface area contributed by atoms with Crippen LogP contribution in [0.5, 0.6) is 11.5 Å². The van der Waals surface area contributed by atoms with Gasteiger partial charge in [-0.1, -0.05) is 0 Å². The Kier molecular flexibility index (Phi) is 7.75. The summed E-state index contributed by atoms with van der Waals surface area (Å²) < 4.78 is 11.8. The second-order valence-corrected chi connectivity index (χ2v) is 7.22. The number of hydrogen-bond donors (Lipinski definition) is 1. The number of hydrogen-bond acceptors (Lipinski definition) is 6. The number of halogens is 2. The molecule has 0 aliphatic heterocycles. The minimum absolute atomic E-state index is 0.128. The minimum Gasteiger partial charge on any atom is -0.493 e. The van der Waals surface area contributed by atoms with Gasteiger partial charge in [0.05, 0.1) is 28.8 Å². The molecule has 0 saturated heterocycles. The van der Waals surface area contributed by atoms with Crippen molar-refractivity contribution in [3.8, 4) is 17.6 Å². The van der Waals surface area contributed by atoms with E-state index in [1.807, 2.05) is 13.0 Å². The van der Waals surface area contributed by atoms with Crippen LogP contribution in [-0.4, -0.2) is 24.5 Å². The number of carbonyl (C=O) groups is 1. The predicted molar refractivity (Wildman–Crippen MR) is 115 cm³/mol. The third-order valence-corrected chi connectivity index (χ3v) is 4.87. The van der Waals surface area contributed by atoms with Crippen molar-refractivity contribution in [2.24, 2.45) is 0 Å². The lowest BCUT2D eigenvalue weighted by Gasteiger charge is -2.12. The molecule has 0 heterocycles. The minimum atomic E-state index is -0.661. The Bertz CT molecular complexity index is 1030. The molecule has 0 saturated carbocycles. The number of nitro groups is 1. The Morgan fingerprint density at radius 1 is 1.31 bits per heavy atom. The first-order valence-corrected chi connectivity index (χ1v) is 9.76. The van der Waals surface area contributed by atoms with Gasteiger partial charge in [-0.2, -0.15) is 5.26 Å². The average molecular weight is 525 g/mol. The molecule has 0 spiro atoms. The molecule has 2 aromatic carbocycles. The predicted octanol–water partition coefficient (Wildman–Crippen LogP) is 5.07. The van der Waals surface area contributed by atoms with Crippen LogP contribution in [-0.2, 0) is 4.79 Å². The molecule has 0 aliphatic carbocycles. The summed E-state index contributed by atoms with van der Waals surface area (Å²) in [7, 11) is 1.49. The summed E-state index contributed by atoms with van der Waals surface area (Å²) in [6, 6.07) is 9.09. The second kappa shape index (κ2) is 10.0. The van der Waals surface area contributed by atoms with Crippen molar-refractivity contribution in [2.75, 3.05) is 19.0 Å². The van der Waals surface area contributed by atoms with Gasteiger partial charge in [0.25, 0.3) is 11.6 Å². The third kappa shape index (κ3) is 5.56. The van der Waals surface area contributed by atoms with E-state index in [2.05, 4.69) is 37.2 Å². The van der Waals surface area contributed by atoms with E-state index in [1.165, 1.54) is 31.4 Å². The number of anilines is 1. The molecular weight excluding hydrogens is 510 g/mol. The monoisotopic (exact) mass is 523 g/mol. The van der Waals surface area contributed by atoms with Crippen LogP contribution < -0.4 is 14.8 Å². The lowest BCUT2D eigenvalue weighted by Crippen LogP contribution is -2.14. The van der Waals surface area contributed by atoms with Crippen molar-refractivity contribution >= 4 is 55.2 Å². The number of amides is 1. The van der Waals surface area contributed by atoms with Crippen LogP contribution in [0, 0.1) is 21.4 Å². The molecular formula is C19H15Br2N3O5. The van der Waals surface area contributed by atoms with Crippen LogP contribution in [0.15, 0.2) is 44.9 Å². The molecule has 0 aliphatic rings. The Hall–Kier alpha value is -2.90. The molecule has 150 valence electrons. The second-order valence-electron chi connectivity index (χ2n) is 5.51. The van der Waals surface area contributed by atoms with E-state index in [4.69, 9.17) is 9.47 Å². The Labute approximate surface area is 183 Å². The van der Waals surface area contributed by atoms with E-state index >= 15 is 0 Å². The van der Waals surface area contributed by atoms with Crippen LogP contribution in [0.1, 0.15) is 12.5 Å². The third-order valence-electron chi connectivity index (χ3n) is 3.63. The van der Waals surface area contributed by atoms with Crippen LogP contribution in [0.3, 0.4) is 0 Å². The number of non-ortho nitro benzene ring substituents is 1. The van der Waals surface area contributed by atoms with E-state index in [-0.39, 0.29) is 11.3 Å². The number of ether oxygens (including phenoxy) is 2. The maximum Gasteiger partial charge on any atom is 0.270 e. The van der Waals surface area contributed by atoms with Gasteiger partial charge in [0, 0.05) is 16.6 Å². The molecule has 10 heteroatoms. The highest BCUT2D eigenvalue weighted by atomic mass is 79.9. The average Bonchev–Trinajstić information content (AvgIpc) is 2.69. The molecule has 0 atom stereocenters. The van der Waals surface area contributed by atoms with E-state index in [9.17, 15) is 20.2 Å². The number of nitro benzene ring substituents is 1. The number of rotatable bonds is 7. The van der Waals surface area contributed by atoms with Gasteiger partial charge in [0.2, 0.25) is 0 Å². The van der Waals surface area contributed by atoms with E-state index < -0.39 is 10.8 Å². The standard InChI is InChI=1S/C19H15Br2N3O5/c1-3-29-18-15(21)7-11(8-17(18)28-2)6-12(10-22)19(25)23-16-5-4-13(24(26)27)9-14(16)20/h4-9H,3H2,1-2H3,(H,23,25)/b12-6+. The van der Waals surface area contributed by atoms with Crippen LogP contribution in [0.25, 0.3) is 6.08 Å². The smallest absolute Gasteiger partial charge is 0.270 e. The first-order valence-electron chi connectivity index (χ1n) is 8.18. The van der Waals surface area contributed by atoms with Gasteiger partial charge in [0.15, 0.2) is 11.5 Å². The highest BCUT2D eigenvalue weighted by Gasteiger charge is 2.16. The van der Waals surface area contributed by atoms with E-state index in [1.54, 1.807) is 12.1 Å². The summed E-state index contributed by atoms with van der Waals surface area (Å²) in [6.45, 7) is 2.29. The Balaban J connectivity index is 2.32. The number of carbonyl (C=O) groups excluding carboxylic acids is 1. The van der Waals surface area contributed by atoms with Crippen molar-refractivity contribution in [3.63, 3.8) is 0 Å². The van der Waals surface area contributed by atoms with Crippen LogP contribution >= 0.6 is 31.9 Å². The van der Waals surface area contributed by atoms with Crippen LogP contribution in [0.2, 0.25) is 0 Å². The summed E-state index contributed by atoms with van der Waals surface area (Å²) in [5.41, 5.74) is 0.560. The highest BCUT2D eigenvalue weighted by molar-refractivity contribution is 9.11. The number of nitriles is 1. The zero-order valence-corrected chi connectivity index (χ0v) is 18.5. The number of nitrogens with one attached hydrogen (secondary N) is 1. The van der Waals surface area contributed by atoms with Crippen molar-refractivity contribution in [1.82, 2.24) is 0 Å². The molecule has 0 bridgehead atoms.